The second-order valence-electron chi connectivity index (χ2n) is 8.37. The smallest absolute Gasteiger partial charge is 0.317 e. The van der Waals surface area contributed by atoms with Gasteiger partial charge < -0.3 is 10.2 Å². The minimum Gasteiger partial charge on any atom is -0.480 e. The van der Waals surface area contributed by atoms with Gasteiger partial charge in [-0.3, -0.25) is 29.5 Å². The molecule has 2 aromatic rings. The molecular weight excluding hydrogens is 412 g/mol. The highest BCUT2D eigenvalue weighted by molar-refractivity contribution is 5.83. The van der Waals surface area contributed by atoms with E-state index in [2.05, 4.69) is 4.90 Å². The first-order chi connectivity index (χ1) is 15.4. The van der Waals surface area contributed by atoms with Gasteiger partial charge in [0.15, 0.2) is 0 Å². The van der Waals surface area contributed by atoms with Gasteiger partial charge in [-0.05, 0) is 70.0 Å². The van der Waals surface area contributed by atoms with E-state index in [0.29, 0.717) is 32.7 Å². The lowest BCUT2D eigenvalue weighted by Gasteiger charge is -2.28. The van der Waals surface area contributed by atoms with E-state index in [-0.39, 0.29) is 13.1 Å². The number of nitrogens with zero attached hydrogens (tertiary/aromatic N) is 4. The lowest BCUT2D eigenvalue weighted by molar-refractivity contribution is -0.909. The van der Waals surface area contributed by atoms with E-state index >= 15 is 0 Å². The van der Waals surface area contributed by atoms with Gasteiger partial charge in [0, 0.05) is 10.8 Å². The average Bonchev–Trinajstić information content (AvgIpc) is 2.73. The molecule has 32 heavy (non-hydrogen) atoms. The van der Waals surface area contributed by atoms with E-state index < -0.39 is 11.9 Å². The maximum absolute atomic E-state index is 11.2. The average molecular weight is 446 g/mol. The van der Waals surface area contributed by atoms with Crippen LogP contribution < -0.4 is 4.73 Å². The van der Waals surface area contributed by atoms with Crippen molar-refractivity contribution in [2.45, 2.75) is 25.8 Å². The highest BCUT2D eigenvalue weighted by Crippen LogP contribution is 2.17. The van der Waals surface area contributed by atoms with Crippen LogP contribution >= 0.6 is 0 Å². The summed E-state index contributed by atoms with van der Waals surface area (Å²) in [5, 5.41) is 31.0. The third kappa shape index (κ3) is 7.15. The molecule has 1 aliphatic heterocycles. The molecular formula is C23H33N4O5+. The second-order valence-corrected chi connectivity index (χ2v) is 8.37. The van der Waals surface area contributed by atoms with Gasteiger partial charge in [0.05, 0.1) is 25.0 Å². The molecule has 0 saturated carbocycles. The quantitative estimate of drug-likeness (QED) is 0.449. The van der Waals surface area contributed by atoms with Crippen molar-refractivity contribution in [1.29, 1.82) is 0 Å². The highest BCUT2D eigenvalue weighted by atomic mass is 16.5. The number of hydrogen-bond donors (Lipinski definition) is 3. The zero-order valence-electron chi connectivity index (χ0n) is 18.4. The topological polar surface area (TPSA) is 108 Å². The number of carbonyl (C=O) groups is 2. The molecule has 3 rings (SSSR count). The van der Waals surface area contributed by atoms with Crippen molar-refractivity contribution >= 4 is 22.7 Å². The van der Waals surface area contributed by atoms with Crippen molar-refractivity contribution in [1.82, 2.24) is 14.7 Å². The molecule has 9 nitrogen and oxygen atoms in total. The summed E-state index contributed by atoms with van der Waals surface area (Å²) in [6, 6.07) is 9.82. The van der Waals surface area contributed by atoms with Gasteiger partial charge in [-0.2, -0.15) is 0 Å². The van der Waals surface area contributed by atoms with Crippen LogP contribution in [0.15, 0.2) is 36.5 Å². The number of pyridine rings is 1. The molecule has 1 aromatic heterocycles. The molecule has 2 heterocycles. The summed E-state index contributed by atoms with van der Waals surface area (Å²) in [4.78, 5) is 28.6. The zero-order chi connectivity index (χ0) is 22.9. The first-order valence-corrected chi connectivity index (χ1v) is 11.1. The number of hydrogen-bond acceptors (Lipinski definition) is 6. The van der Waals surface area contributed by atoms with E-state index in [9.17, 15) is 25.0 Å². The molecule has 1 saturated heterocycles. The molecule has 174 valence electrons. The Morgan fingerprint density at radius 3 is 1.81 bits per heavy atom. The Morgan fingerprint density at radius 2 is 1.28 bits per heavy atom. The third-order valence-corrected chi connectivity index (χ3v) is 5.88. The number of carboxylic acid groups (broad SMARTS) is 2. The van der Waals surface area contributed by atoms with Crippen LogP contribution in [0.3, 0.4) is 0 Å². The summed E-state index contributed by atoms with van der Waals surface area (Å²) < 4.78 is 1.17. The van der Waals surface area contributed by atoms with Crippen molar-refractivity contribution in [2.24, 2.45) is 0 Å². The van der Waals surface area contributed by atoms with Crippen molar-refractivity contribution in [3.63, 3.8) is 0 Å². The monoisotopic (exact) mass is 445 g/mol. The summed E-state index contributed by atoms with van der Waals surface area (Å²) in [6.07, 6.45) is 4.03. The minimum absolute atomic E-state index is 0.0150. The number of carboxylic acids is 2. The van der Waals surface area contributed by atoms with Crippen LogP contribution in [0.1, 0.15) is 25.0 Å². The fourth-order valence-corrected chi connectivity index (χ4v) is 4.38. The Bertz CT molecular complexity index is 892. The van der Waals surface area contributed by atoms with Crippen LogP contribution in [-0.2, 0) is 16.1 Å². The Hall–Kier alpha value is -2.75. The van der Waals surface area contributed by atoms with E-state index in [1.165, 1.54) is 4.73 Å². The maximum Gasteiger partial charge on any atom is 0.317 e. The van der Waals surface area contributed by atoms with Crippen LogP contribution in [0.25, 0.3) is 10.8 Å². The molecule has 0 unspecified atom stereocenters. The lowest BCUT2D eigenvalue weighted by atomic mass is 10.1. The molecule has 0 atom stereocenters. The van der Waals surface area contributed by atoms with Crippen LogP contribution in [0.4, 0.5) is 0 Å². The Labute approximate surface area is 188 Å². The maximum atomic E-state index is 11.2. The largest absolute Gasteiger partial charge is 0.480 e. The SMILES string of the molecule is O=C(O)CN1CCCN(CC(=O)O)CCCN(Cc2c3ccccc3cc[n+]2O)CCC1. The fourth-order valence-electron chi connectivity index (χ4n) is 4.38. The Kier molecular flexibility index (Phi) is 8.78. The van der Waals surface area contributed by atoms with E-state index in [1.807, 2.05) is 40.1 Å². The third-order valence-electron chi connectivity index (χ3n) is 5.88. The van der Waals surface area contributed by atoms with Gasteiger partial charge in [0.1, 0.15) is 0 Å². The molecule has 0 spiro atoms. The van der Waals surface area contributed by atoms with Gasteiger partial charge in [0.2, 0.25) is 6.20 Å². The number of benzene rings is 1. The molecule has 3 N–H and O–H groups in total. The van der Waals surface area contributed by atoms with E-state index in [4.69, 9.17) is 0 Å². The van der Waals surface area contributed by atoms with Crippen LogP contribution in [0.2, 0.25) is 0 Å². The minimum atomic E-state index is -0.853. The second kappa shape index (κ2) is 11.8. The highest BCUT2D eigenvalue weighted by Gasteiger charge is 2.21. The summed E-state index contributed by atoms with van der Waals surface area (Å²) in [7, 11) is 0. The molecule has 0 amide bonds. The number of aromatic nitrogens is 1. The molecule has 0 bridgehead atoms. The molecule has 1 aromatic carbocycles. The molecule has 1 aliphatic rings. The van der Waals surface area contributed by atoms with Gasteiger partial charge >= 0.3 is 11.9 Å². The lowest BCUT2D eigenvalue weighted by Crippen LogP contribution is -2.42. The van der Waals surface area contributed by atoms with Gasteiger partial charge in [-0.25, -0.2) is 0 Å². The Balaban J connectivity index is 1.75. The summed E-state index contributed by atoms with van der Waals surface area (Å²) in [5.41, 5.74) is 0.806. The fraction of sp³-hybridized carbons (Fsp3) is 0.522. The van der Waals surface area contributed by atoms with Crippen molar-refractivity contribution in [3.8, 4) is 0 Å². The van der Waals surface area contributed by atoms with E-state index in [0.717, 1.165) is 48.8 Å². The van der Waals surface area contributed by atoms with Crippen LogP contribution in [-0.4, -0.2) is 94.4 Å². The normalized spacial score (nSPS) is 18.1. The number of rotatable bonds is 6. The van der Waals surface area contributed by atoms with Crippen molar-refractivity contribution in [2.75, 3.05) is 52.4 Å². The predicted molar refractivity (Wildman–Crippen MR) is 119 cm³/mol. The molecule has 1 fully saturated rings. The first kappa shape index (κ1) is 23.9. The first-order valence-electron chi connectivity index (χ1n) is 11.1. The van der Waals surface area contributed by atoms with Crippen molar-refractivity contribution in [3.05, 3.63) is 42.2 Å². The molecule has 0 radical (unpaired) electrons. The predicted octanol–water partition coefficient (Wildman–Crippen LogP) is 1.12. The van der Waals surface area contributed by atoms with E-state index in [1.54, 1.807) is 6.20 Å². The van der Waals surface area contributed by atoms with Gasteiger partial charge in [0.25, 0.3) is 5.69 Å². The molecule has 9 heteroatoms. The summed E-state index contributed by atoms with van der Waals surface area (Å²) in [6.45, 7) is 4.63. The van der Waals surface area contributed by atoms with Gasteiger partial charge in [-0.1, -0.05) is 18.2 Å². The summed E-state index contributed by atoms with van der Waals surface area (Å²) >= 11 is 0. The Morgan fingerprint density at radius 1 is 0.781 bits per heavy atom. The molecule has 0 aliphatic carbocycles. The summed E-state index contributed by atoms with van der Waals surface area (Å²) in [5.74, 6) is -1.71. The number of aliphatic carboxylic acids is 2. The van der Waals surface area contributed by atoms with Crippen LogP contribution in [0, 0.1) is 0 Å². The van der Waals surface area contributed by atoms with Crippen molar-refractivity contribution < 1.29 is 29.7 Å². The van der Waals surface area contributed by atoms with Crippen LogP contribution in [0.5, 0.6) is 0 Å². The zero-order valence-corrected chi connectivity index (χ0v) is 18.4. The van der Waals surface area contributed by atoms with Gasteiger partial charge in [-0.15, -0.1) is 0 Å². The standard InChI is InChI=1S/C23H32N4O5/c28-22(29)17-25-11-3-9-24(10-4-12-26(14-5-13-25)18-23(30)31)16-21-20-7-2-1-6-19(20)8-15-27(21)32/h1-2,6-8,15H,3-5,9-14,16-18H2,(H2-,28,29,30,31,32)/p+1. The number of fused-ring (bicyclic) bond motifs is 1.